The number of hydrogen-bond acceptors (Lipinski definition) is 7. The highest BCUT2D eigenvalue weighted by Gasteiger charge is 2.19. The fraction of sp³-hybridized carbons (Fsp3) is 0.308. The number of rotatable bonds is 8. The maximum absolute atomic E-state index is 12.5. The van der Waals surface area contributed by atoms with Crippen molar-refractivity contribution in [2.45, 2.75) is 52.1 Å². The van der Waals surface area contributed by atoms with Crippen molar-refractivity contribution in [1.82, 2.24) is 14.5 Å². The second kappa shape index (κ2) is 10.6. The summed E-state index contributed by atoms with van der Waals surface area (Å²) in [4.78, 5) is 35.7. The van der Waals surface area contributed by atoms with Crippen molar-refractivity contribution in [3.63, 3.8) is 0 Å². The van der Waals surface area contributed by atoms with Gasteiger partial charge in [-0.25, -0.2) is 14.8 Å². The summed E-state index contributed by atoms with van der Waals surface area (Å²) in [6.07, 6.45) is 0. The van der Waals surface area contributed by atoms with Crippen molar-refractivity contribution in [3.8, 4) is 0 Å². The lowest BCUT2D eigenvalue weighted by molar-refractivity contribution is -0.115. The molecule has 0 fully saturated rings. The number of anilines is 2. The molecule has 9 heteroatoms. The Bertz CT molecular complexity index is 1390. The van der Waals surface area contributed by atoms with Gasteiger partial charge < -0.3 is 9.30 Å². The fourth-order valence-corrected chi connectivity index (χ4v) is 5.72. The van der Waals surface area contributed by atoms with Gasteiger partial charge in [0.15, 0.2) is 10.3 Å². The number of thioether (sulfide) groups is 1. The number of benzene rings is 2. The third kappa shape index (κ3) is 5.26. The van der Waals surface area contributed by atoms with E-state index in [4.69, 9.17) is 14.7 Å². The third-order valence-corrected chi connectivity index (χ3v) is 7.57. The normalized spacial score (nSPS) is 11.1. The van der Waals surface area contributed by atoms with Gasteiger partial charge in [0.2, 0.25) is 5.91 Å². The quantitative estimate of drug-likeness (QED) is 0.206. The maximum Gasteiger partial charge on any atom is 0.338 e. The average Bonchev–Trinajstić information content (AvgIpc) is 3.43. The number of carbonyl (C=O) groups excluding carboxylic acids is 2. The highest BCUT2D eigenvalue weighted by molar-refractivity contribution is 7.98. The van der Waals surface area contributed by atoms with Gasteiger partial charge in [0.05, 0.1) is 34.6 Å². The molecule has 2 aromatic heterocycles. The van der Waals surface area contributed by atoms with Gasteiger partial charge in [0.1, 0.15) is 0 Å². The van der Waals surface area contributed by atoms with Crippen LogP contribution in [-0.2, 0) is 21.8 Å². The van der Waals surface area contributed by atoms with Gasteiger partial charge in [-0.1, -0.05) is 17.8 Å². The largest absolute Gasteiger partial charge is 0.462 e. The fourth-order valence-electron chi connectivity index (χ4n) is 3.76. The molecule has 7 nitrogen and oxygen atoms in total. The predicted molar refractivity (Wildman–Crippen MR) is 142 cm³/mol. The smallest absolute Gasteiger partial charge is 0.338 e. The van der Waals surface area contributed by atoms with Crippen LogP contribution in [0.3, 0.4) is 0 Å². The second-order valence-corrected chi connectivity index (χ2v) is 9.87. The van der Waals surface area contributed by atoms with Crippen molar-refractivity contribution >= 4 is 56.8 Å². The summed E-state index contributed by atoms with van der Waals surface area (Å²) in [5, 5.41) is 3.49. The van der Waals surface area contributed by atoms with E-state index >= 15 is 0 Å². The van der Waals surface area contributed by atoms with Gasteiger partial charge in [-0.05, 0) is 69.2 Å². The number of aryl methyl sites for hydroxylation is 3. The Morgan fingerprint density at radius 1 is 1.09 bits per heavy atom. The highest BCUT2D eigenvalue weighted by atomic mass is 32.2. The Labute approximate surface area is 213 Å². The number of nitrogens with zero attached hydrogens (tertiary/aromatic N) is 4. The van der Waals surface area contributed by atoms with Gasteiger partial charge in [-0.15, -0.1) is 11.3 Å². The molecule has 182 valence electrons. The van der Waals surface area contributed by atoms with Crippen LogP contribution in [0.1, 0.15) is 48.0 Å². The lowest BCUT2D eigenvalue weighted by Gasteiger charge is -2.19. The Morgan fingerprint density at radius 2 is 1.89 bits per heavy atom. The molecular formula is C26H28N4O3S2. The summed E-state index contributed by atoms with van der Waals surface area (Å²) in [5.74, 6) is 0.193. The maximum atomic E-state index is 12.5. The molecule has 4 rings (SSSR count). The van der Waals surface area contributed by atoms with Crippen LogP contribution in [-0.4, -0.2) is 33.0 Å². The molecule has 2 heterocycles. The van der Waals surface area contributed by atoms with Crippen LogP contribution in [0.25, 0.3) is 11.0 Å². The molecule has 0 saturated carbocycles. The first-order chi connectivity index (χ1) is 16.8. The molecule has 0 saturated heterocycles. The van der Waals surface area contributed by atoms with E-state index < -0.39 is 0 Å². The predicted octanol–water partition coefficient (Wildman–Crippen LogP) is 6.28. The zero-order valence-electron chi connectivity index (χ0n) is 20.5. The summed E-state index contributed by atoms with van der Waals surface area (Å²) in [5.41, 5.74) is 6.24. The molecule has 0 N–H and O–H groups in total. The van der Waals surface area contributed by atoms with Crippen LogP contribution >= 0.6 is 23.1 Å². The van der Waals surface area contributed by atoms with Gasteiger partial charge in [-0.3, -0.25) is 9.69 Å². The molecule has 2 aromatic carbocycles. The number of amides is 1. The lowest BCUT2D eigenvalue weighted by Crippen LogP contribution is -2.22. The minimum Gasteiger partial charge on any atom is -0.462 e. The molecule has 0 radical (unpaired) electrons. The first kappa shape index (κ1) is 24.9. The monoisotopic (exact) mass is 508 g/mol. The van der Waals surface area contributed by atoms with Gasteiger partial charge >= 0.3 is 5.97 Å². The number of ether oxygens (including phenoxy) is 1. The van der Waals surface area contributed by atoms with Gasteiger partial charge in [0.25, 0.3) is 0 Å². The number of aromatic nitrogens is 3. The standard InChI is InChI=1S/C26H28N4O3S2/c1-6-29-23-11-9-19(24(32)33-7-2)13-22(23)28-25(29)34-14-20-15-35-26(27-20)30(18(5)31)21-10-8-16(3)17(4)12-21/h8-13,15H,6-7,14H2,1-5H3. The van der Waals surface area contributed by atoms with E-state index in [0.717, 1.165) is 39.7 Å². The van der Waals surface area contributed by atoms with Crippen molar-refractivity contribution in [2.24, 2.45) is 0 Å². The van der Waals surface area contributed by atoms with E-state index in [0.29, 0.717) is 23.1 Å². The summed E-state index contributed by atoms with van der Waals surface area (Å²) in [7, 11) is 0. The minimum absolute atomic E-state index is 0.0769. The number of carbonyl (C=O) groups is 2. The second-order valence-electron chi connectivity index (χ2n) is 8.10. The molecule has 0 aliphatic heterocycles. The van der Waals surface area contributed by atoms with Gasteiger partial charge in [0, 0.05) is 24.6 Å². The average molecular weight is 509 g/mol. The number of thiazole rings is 1. The van der Waals surface area contributed by atoms with Crippen molar-refractivity contribution < 1.29 is 14.3 Å². The highest BCUT2D eigenvalue weighted by Crippen LogP contribution is 2.33. The number of imidazole rings is 1. The van der Waals surface area contributed by atoms with Crippen LogP contribution < -0.4 is 4.90 Å². The zero-order chi connectivity index (χ0) is 25.1. The van der Waals surface area contributed by atoms with E-state index in [-0.39, 0.29) is 11.9 Å². The summed E-state index contributed by atoms with van der Waals surface area (Å²) >= 11 is 3.04. The molecule has 4 aromatic rings. The van der Waals surface area contributed by atoms with E-state index in [1.54, 1.807) is 42.6 Å². The Kier molecular flexibility index (Phi) is 7.57. The topological polar surface area (TPSA) is 77.3 Å². The molecule has 0 unspecified atom stereocenters. The van der Waals surface area contributed by atoms with E-state index in [1.165, 1.54) is 16.9 Å². The number of hydrogen-bond donors (Lipinski definition) is 0. The van der Waals surface area contributed by atoms with Crippen LogP contribution in [0.4, 0.5) is 10.8 Å². The van der Waals surface area contributed by atoms with E-state index in [1.807, 2.05) is 36.6 Å². The van der Waals surface area contributed by atoms with Crippen molar-refractivity contribution in [3.05, 3.63) is 64.2 Å². The molecular weight excluding hydrogens is 480 g/mol. The molecule has 35 heavy (non-hydrogen) atoms. The molecule has 0 aliphatic rings. The van der Waals surface area contributed by atoms with Crippen molar-refractivity contribution in [2.75, 3.05) is 11.5 Å². The van der Waals surface area contributed by atoms with Crippen LogP contribution in [0.15, 0.2) is 46.9 Å². The third-order valence-electron chi connectivity index (χ3n) is 5.68. The molecule has 0 bridgehead atoms. The zero-order valence-corrected chi connectivity index (χ0v) is 22.1. The van der Waals surface area contributed by atoms with Crippen LogP contribution in [0.5, 0.6) is 0 Å². The number of esters is 1. The molecule has 0 atom stereocenters. The molecule has 0 aliphatic carbocycles. The molecule has 0 spiro atoms. The van der Waals surface area contributed by atoms with Gasteiger partial charge in [-0.2, -0.15) is 0 Å². The summed E-state index contributed by atoms with van der Waals surface area (Å²) < 4.78 is 7.24. The summed E-state index contributed by atoms with van der Waals surface area (Å²) in [6.45, 7) is 10.6. The SMILES string of the molecule is CCOC(=O)c1ccc2c(c1)nc(SCc1csc(N(C(C)=O)c3ccc(C)c(C)c3)n1)n2CC. The van der Waals surface area contributed by atoms with Crippen molar-refractivity contribution in [1.29, 1.82) is 0 Å². The first-order valence-corrected chi connectivity index (χ1v) is 13.3. The summed E-state index contributed by atoms with van der Waals surface area (Å²) in [6, 6.07) is 11.5. The Balaban J connectivity index is 1.55. The molecule has 1 amide bonds. The van der Waals surface area contributed by atoms with E-state index in [9.17, 15) is 9.59 Å². The Morgan fingerprint density at radius 3 is 2.57 bits per heavy atom. The van der Waals surface area contributed by atoms with Crippen LogP contribution in [0.2, 0.25) is 0 Å². The Hall–Kier alpha value is -3.17. The number of fused-ring (bicyclic) bond motifs is 1. The lowest BCUT2D eigenvalue weighted by atomic mass is 10.1. The first-order valence-electron chi connectivity index (χ1n) is 11.4. The minimum atomic E-state index is -0.344. The van der Waals surface area contributed by atoms with Crippen LogP contribution in [0, 0.1) is 13.8 Å². The van der Waals surface area contributed by atoms with E-state index in [2.05, 4.69) is 18.4 Å².